The first-order valence-corrected chi connectivity index (χ1v) is 7.73. The number of benzene rings is 2. The summed E-state index contributed by atoms with van der Waals surface area (Å²) in [6, 6.07) is 13.3. The Bertz CT molecular complexity index is 608. The van der Waals surface area contributed by atoms with Gasteiger partial charge in [0.1, 0.15) is 7.43 Å². The van der Waals surface area contributed by atoms with Crippen molar-refractivity contribution in [2.75, 3.05) is 5.09 Å². The van der Waals surface area contributed by atoms with Crippen LogP contribution in [-0.4, -0.2) is 17.2 Å². The Morgan fingerprint density at radius 1 is 1.06 bits per heavy atom. The highest BCUT2D eigenvalue weighted by Gasteiger charge is 2.24. The van der Waals surface area contributed by atoms with Gasteiger partial charge in [-0.3, -0.25) is 0 Å². The van der Waals surface area contributed by atoms with Crippen molar-refractivity contribution in [2.24, 2.45) is 0 Å². The summed E-state index contributed by atoms with van der Waals surface area (Å²) in [5.74, 6) is 0. The van der Waals surface area contributed by atoms with Crippen molar-refractivity contribution in [1.29, 1.82) is 0 Å². The van der Waals surface area contributed by atoms with Gasteiger partial charge in [0, 0.05) is 16.6 Å². The summed E-state index contributed by atoms with van der Waals surface area (Å²) in [5.41, 5.74) is 3.62. The molecule has 2 aromatic carbocycles. The molecule has 3 nitrogen and oxygen atoms in total. The minimum atomic E-state index is -1.47. The van der Waals surface area contributed by atoms with E-state index in [4.69, 9.17) is 11.2 Å². The van der Waals surface area contributed by atoms with Crippen LogP contribution in [0.2, 0.25) is 0 Å². The number of para-hydroxylation sites is 1. The van der Waals surface area contributed by atoms with E-state index in [0.717, 1.165) is 22.1 Å². The van der Waals surface area contributed by atoms with Gasteiger partial charge in [0.25, 0.3) is 0 Å². The van der Waals surface area contributed by atoms with Crippen LogP contribution in [0.3, 0.4) is 0 Å². The number of nitrogens with one attached hydrogen (secondary N) is 1. The molecule has 0 aromatic heterocycles. The first-order chi connectivity index (χ1) is 8.66. The van der Waals surface area contributed by atoms with E-state index in [1.165, 1.54) is 0 Å². The molecule has 1 unspecified atom stereocenters. The summed E-state index contributed by atoms with van der Waals surface area (Å²) in [6.45, 7) is 0. The fourth-order valence-corrected chi connectivity index (χ4v) is 3.97. The molecule has 0 radical (unpaired) electrons. The van der Waals surface area contributed by atoms with E-state index in [2.05, 4.69) is 5.09 Å². The molecule has 90 valence electrons. The molecule has 2 aromatic rings. The third-order valence-electron chi connectivity index (χ3n) is 2.97. The maximum atomic E-state index is 9.21. The zero-order chi connectivity index (χ0) is 12.7. The first-order valence-electron chi connectivity index (χ1n) is 5.49. The van der Waals surface area contributed by atoms with E-state index in [1.54, 1.807) is 12.1 Å². The molecule has 3 N–H and O–H groups in total. The number of hydrogen-bond donors (Lipinski definition) is 3. The molecular formula is C12H10BClNO2P. The van der Waals surface area contributed by atoms with Crippen LogP contribution >= 0.6 is 18.7 Å². The molecule has 6 heteroatoms. The van der Waals surface area contributed by atoms with Crippen molar-refractivity contribution in [3.63, 3.8) is 0 Å². The number of halogens is 1. The third-order valence-corrected chi connectivity index (χ3v) is 5.00. The molecule has 1 heterocycles. The van der Waals surface area contributed by atoms with Gasteiger partial charge in [-0.05, 0) is 17.1 Å². The lowest BCUT2D eigenvalue weighted by atomic mass is 9.79. The molecule has 1 aliphatic heterocycles. The Morgan fingerprint density at radius 3 is 2.61 bits per heavy atom. The average molecular weight is 277 g/mol. The predicted molar refractivity (Wildman–Crippen MR) is 77.7 cm³/mol. The summed E-state index contributed by atoms with van der Waals surface area (Å²) < 4.78 is 0. The lowest BCUT2D eigenvalue weighted by Crippen LogP contribution is -2.32. The highest BCUT2D eigenvalue weighted by Crippen LogP contribution is 2.49. The number of hydrogen-bond acceptors (Lipinski definition) is 3. The van der Waals surface area contributed by atoms with Gasteiger partial charge in [-0.2, -0.15) is 0 Å². The monoisotopic (exact) mass is 277 g/mol. The van der Waals surface area contributed by atoms with Crippen molar-refractivity contribution >= 4 is 42.2 Å². The SMILES string of the molecule is OB(O)c1ccc2c(c1)P(Cl)Nc1ccccc1-2. The van der Waals surface area contributed by atoms with E-state index in [-0.39, 0.29) is 0 Å². The molecule has 0 bridgehead atoms. The fraction of sp³-hybridized carbons (Fsp3) is 0. The van der Waals surface area contributed by atoms with Crippen molar-refractivity contribution in [2.45, 2.75) is 0 Å². The van der Waals surface area contributed by atoms with E-state index in [0.29, 0.717) is 5.46 Å². The summed E-state index contributed by atoms with van der Waals surface area (Å²) >= 11 is 6.34. The van der Waals surface area contributed by atoms with Crippen LogP contribution in [0.5, 0.6) is 0 Å². The van der Waals surface area contributed by atoms with Crippen molar-refractivity contribution < 1.29 is 10.0 Å². The first kappa shape index (κ1) is 12.0. The summed E-state index contributed by atoms with van der Waals surface area (Å²) in [6.07, 6.45) is 0. The van der Waals surface area contributed by atoms with Crippen LogP contribution in [0.4, 0.5) is 5.69 Å². The summed E-state index contributed by atoms with van der Waals surface area (Å²) in [4.78, 5) is 0. The van der Waals surface area contributed by atoms with Gasteiger partial charge in [-0.15, -0.1) is 0 Å². The molecule has 1 atom stereocenters. The summed E-state index contributed by atoms with van der Waals surface area (Å²) in [5, 5.41) is 22.6. The second-order valence-corrected chi connectivity index (χ2v) is 6.37. The Hall–Kier alpha value is -1.06. The van der Waals surface area contributed by atoms with Crippen LogP contribution in [0, 0.1) is 0 Å². The molecule has 0 spiro atoms. The topological polar surface area (TPSA) is 52.5 Å². The van der Waals surface area contributed by atoms with E-state index in [9.17, 15) is 10.0 Å². The Labute approximate surface area is 111 Å². The number of rotatable bonds is 1. The van der Waals surface area contributed by atoms with Crippen LogP contribution in [0.1, 0.15) is 0 Å². The molecule has 0 saturated heterocycles. The van der Waals surface area contributed by atoms with Gasteiger partial charge in [-0.25, -0.2) is 0 Å². The Balaban J connectivity index is 2.19. The van der Waals surface area contributed by atoms with Gasteiger partial charge >= 0.3 is 7.12 Å². The van der Waals surface area contributed by atoms with Crippen LogP contribution < -0.4 is 15.9 Å². The molecule has 1 aliphatic rings. The minimum Gasteiger partial charge on any atom is -0.423 e. The lowest BCUT2D eigenvalue weighted by molar-refractivity contribution is 0.426. The van der Waals surface area contributed by atoms with Gasteiger partial charge in [0.05, 0.1) is 0 Å². The quantitative estimate of drug-likeness (QED) is 0.548. The summed E-state index contributed by atoms with van der Waals surface area (Å²) in [7, 11) is -2.50. The molecule has 3 rings (SSSR count). The second-order valence-electron chi connectivity index (χ2n) is 4.09. The highest BCUT2D eigenvalue weighted by atomic mass is 35.7. The Kier molecular flexibility index (Phi) is 3.04. The van der Waals surface area contributed by atoms with Crippen LogP contribution in [-0.2, 0) is 0 Å². The van der Waals surface area contributed by atoms with E-state index < -0.39 is 14.5 Å². The largest absolute Gasteiger partial charge is 0.488 e. The molecular weight excluding hydrogens is 267 g/mol. The molecule has 0 aliphatic carbocycles. The maximum absolute atomic E-state index is 9.21. The molecule has 18 heavy (non-hydrogen) atoms. The Morgan fingerprint density at radius 2 is 1.83 bits per heavy atom. The van der Waals surface area contributed by atoms with Gasteiger partial charge in [0.15, 0.2) is 0 Å². The standard InChI is InChI=1S/C12H10BClNO2P/c14-18-12-7-8(13(16)17)5-6-10(12)9-3-1-2-4-11(9)15-18/h1-7,15-17H. The van der Waals surface area contributed by atoms with Crippen LogP contribution in [0.25, 0.3) is 11.1 Å². The van der Waals surface area contributed by atoms with Crippen LogP contribution in [0.15, 0.2) is 42.5 Å². The third kappa shape index (κ3) is 1.92. The van der Waals surface area contributed by atoms with E-state index in [1.807, 2.05) is 30.3 Å². The number of anilines is 1. The van der Waals surface area contributed by atoms with E-state index >= 15 is 0 Å². The average Bonchev–Trinajstić information content (AvgIpc) is 2.38. The second kappa shape index (κ2) is 4.56. The minimum absolute atomic E-state index is 0.461. The molecule has 0 amide bonds. The fourth-order valence-electron chi connectivity index (χ4n) is 2.08. The molecule has 0 saturated carbocycles. The van der Waals surface area contributed by atoms with Gasteiger partial charge in [-0.1, -0.05) is 47.6 Å². The number of fused-ring (bicyclic) bond motifs is 3. The maximum Gasteiger partial charge on any atom is 0.488 e. The highest BCUT2D eigenvalue weighted by molar-refractivity contribution is 7.91. The smallest absolute Gasteiger partial charge is 0.423 e. The molecule has 0 fully saturated rings. The van der Waals surface area contributed by atoms with Crippen molar-refractivity contribution in [3.8, 4) is 11.1 Å². The van der Waals surface area contributed by atoms with Crippen molar-refractivity contribution in [3.05, 3.63) is 42.5 Å². The predicted octanol–water partition coefficient (Wildman–Crippen LogP) is 1.63. The lowest BCUT2D eigenvalue weighted by Gasteiger charge is -2.25. The normalized spacial score (nSPS) is 16.5. The zero-order valence-electron chi connectivity index (χ0n) is 9.34. The van der Waals surface area contributed by atoms with Gasteiger partial charge in [0.2, 0.25) is 0 Å². The van der Waals surface area contributed by atoms with Crippen molar-refractivity contribution in [1.82, 2.24) is 0 Å². The van der Waals surface area contributed by atoms with Gasteiger partial charge < -0.3 is 15.1 Å². The zero-order valence-corrected chi connectivity index (χ0v) is 11.0.